The first-order valence-electron chi connectivity index (χ1n) is 8.77. The predicted molar refractivity (Wildman–Crippen MR) is 106 cm³/mol. The maximum absolute atomic E-state index is 11.9. The van der Waals surface area contributed by atoms with Gasteiger partial charge in [-0.25, -0.2) is 24.0 Å². The molecule has 11 nitrogen and oxygen atoms in total. The van der Waals surface area contributed by atoms with E-state index in [1.54, 1.807) is 0 Å². The molecule has 0 bridgehead atoms. The SMILES string of the molecule is C=CC(=O)OCCc1ccc(C(=O)O)c(C(=O)O)c1Oc1cccc(C(=O)O)c1C(=O)O. The third kappa shape index (κ3) is 5.08. The minimum absolute atomic E-state index is 0.0707. The second kappa shape index (κ2) is 9.89. The van der Waals surface area contributed by atoms with E-state index >= 15 is 0 Å². The highest BCUT2D eigenvalue weighted by Crippen LogP contribution is 2.35. The summed E-state index contributed by atoms with van der Waals surface area (Å²) in [5.41, 5.74) is -2.75. The molecule has 2 rings (SSSR count). The zero-order chi connectivity index (χ0) is 24.0. The number of aromatic carboxylic acids is 4. The molecule has 0 radical (unpaired) electrons. The van der Waals surface area contributed by atoms with Crippen molar-refractivity contribution in [2.45, 2.75) is 6.42 Å². The van der Waals surface area contributed by atoms with Gasteiger partial charge in [0.25, 0.3) is 0 Å². The van der Waals surface area contributed by atoms with Crippen LogP contribution in [0.3, 0.4) is 0 Å². The molecular formula is C21H16O11. The molecule has 11 heteroatoms. The summed E-state index contributed by atoms with van der Waals surface area (Å²) in [6.07, 6.45) is 0.778. The summed E-state index contributed by atoms with van der Waals surface area (Å²) < 4.78 is 10.4. The number of benzene rings is 2. The predicted octanol–water partition coefficient (Wildman–Crippen LogP) is 2.54. The van der Waals surface area contributed by atoms with E-state index in [0.717, 1.165) is 24.3 Å². The van der Waals surface area contributed by atoms with Crippen molar-refractivity contribution in [2.75, 3.05) is 6.61 Å². The molecule has 2 aromatic rings. The van der Waals surface area contributed by atoms with Crippen molar-refractivity contribution >= 4 is 29.8 Å². The number of carbonyl (C=O) groups excluding carboxylic acids is 1. The number of hydrogen-bond donors (Lipinski definition) is 4. The standard InChI is InChI=1S/C21H16O11/c1-2-14(22)31-9-8-10-6-7-12(19(25)26)16(21(29)30)17(10)32-13-5-3-4-11(18(23)24)15(13)20(27)28/h2-7H,1,8-9H2,(H,23,24)(H,25,26)(H,27,28)(H,29,30). The van der Waals surface area contributed by atoms with Crippen molar-refractivity contribution in [3.63, 3.8) is 0 Å². The van der Waals surface area contributed by atoms with Crippen molar-refractivity contribution in [1.82, 2.24) is 0 Å². The van der Waals surface area contributed by atoms with Gasteiger partial charge in [-0.05, 0) is 23.8 Å². The van der Waals surface area contributed by atoms with Crippen LogP contribution in [0.2, 0.25) is 0 Å². The molecule has 0 heterocycles. The fourth-order valence-corrected chi connectivity index (χ4v) is 2.78. The van der Waals surface area contributed by atoms with Gasteiger partial charge in [-0.15, -0.1) is 0 Å². The minimum Gasteiger partial charge on any atom is -0.478 e. The van der Waals surface area contributed by atoms with Gasteiger partial charge >= 0.3 is 29.8 Å². The van der Waals surface area contributed by atoms with E-state index in [0.29, 0.717) is 0 Å². The van der Waals surface area contributed by atoms with Crippen LogP contribution in [0.15, 0.2) is 43.0 Å². The van der Waals surface area contributed by atoms with Crippen LogP contribution in [-0.2, 0) is 16.0 Å². The van der Waals surface area contributed by atoms with E-state index in [4.69, 9.17) is 9.47 Å². The topological polar surface area (TPSA) is 185 Å². The van der Waals surface area contributed by atoms with E-state index in [-0.39, 0.29) is 18.6 Å². The van der Waals surface area contributed by atoms with E-state index in [1.807, 2.05) is 0 Å². The molecule has 4 N–H and O–H groups in total. The normalized spacial score (nSPS) is 10.1. The molecule has 0 saturated carbocycles. The first-order chi connectivity index (χ1) is 15.1. The van der Waals surface area contributed by atoms with Crippen LogP contribution < -0.4 is 4.74 Å². The molecular weight excluding hydrogens is 428 g/mol. The summed E-state index contributed by atoms with van der Waals surface area (Å²) in [4.78, 5) is 57.7. The van der Waals surface area contributed by atoms with E-state index < -0.39 is 63.6 Å². The average Bonchev–Trinajstić information content (AvgIpc) is 2.73. The third-order valence-corrected chi connectivity index (χ3v) is 4.15. The van der Waals surface area contributed by atoms with E-state index in [1.165, 1.54) is 12.1 Å². The lowest BCUT2D eigenvalue weighted by Gasteiger charge is -2.17. The van der Waals surface area contributed by atoms with Gasteiger partial charge in [-0.2, -0.15) is 0 Å². The Kier molecular flexibility index (Phi) is 7.30. The summed E-state index contributed by atoms with van der Waals surface area (Å²) >= 11 is 0. The molecule has 2 aromatic carbocycles. The molecule has 0 atom stereocenters. The van der Waals surface area contributed by atoms with Gasteiger partial charge in [0, 0.05) is 12.5 Å². The van der Waals surface area contributed by atoms with Crippen LogP contribution in [0, 0.1) is 0 Å². The van der Waals surface area contributed by atoms with Gasteiger partial charge < -0.3 is 29.9 Å². The molecule has 0 aliphatic rings. The highest BCUT2D eigenvalue weighted by Gasteiger charge is 2.28. The lowest BCUT2D eigenvalue weighted by molar-refractivity contribution is -0.137. The summed E-state index contributed by atoms with van der Waals surface area (Å²) in [5.74, 6) is -8.31. The molecule has 0 saturated heterocycles. The minimum atomic E-state index is -1.69. The zero-order valence-electron chi connectivity index (χ0n) is 16.2. The smallest absolute Gasteiger partial charge is 0.340 e. The van der Waals surface area contributed by atoms with Crippen LogP contribution in [0.25, 0.3) is 0 Å². The first kappa shape index (κ1) is 23.6. The number of hydrogen-bond acceptors (Lipinski definition) is 7. The highest BCUT2D eigenvalue weighted by molar-refractivity contribution is 6.05. The van der Waals surface area contributed by atoms with Crippen molar-refractivity contribution in [3.8, 4) is 11.5 Å². The Hall–Kier alpha value is -4.67. The Morgan fingerprint density at radius 3 is 1.94 bits per heavy atom. The van der Waals surface area contributed by atoms with Gasteiger partial charge in [0.15, 0.2) is 0 Å². The Morgan fingerprint density at radius 2 is 1.41 bits per heavy atom. The largest absolute Gasteiger partial charge is 0.478 e. The Labute approximate surface area is 179 Å². The summed E-state index contributed by atoms with van der Waals surface area (Å²) in [5, 5.41) is 37.7. The first-order valence-corrected chi connectivity index (χ1v) is 8.77. The number of carboxylic acid groups (broad SMARTS) is 4. The van der Waals surface area contributed by atoms with Gasteiger partial charge in [0.05, 0.1) is 17.7 Å². The summed E-state index contributed by atoms with van der Waals surface area (Å²) in [6, 6.07) is 5.51. The second-order valence-electron chi connectivity index (χ2n) is 6.10. The maximum Gasteiger partial charge on any atom is 0.340 e. The second-order valence-corrected chi connectivity index (χ2v) is 6.10. The fraction of sp³-hybridized carbons (Fsp3) is 0.0952. The van der Waals surface area contributed by atoms with Gasteiger partial charge in [0.1, 0.15) is 22.6 Å². The highest BCUT2D eigenvalue weighted by atomic mass is 16.5. The summed E-state index contributed by atoms with van der Waals surface area (Å²) in [6.45, 7) is 2.97. The molecule has 0 spiro atoms. The van der Waals surface area contributed by atoms with Crippen LogP contribution >= 0.6 is 0 Å². The zero-order valence-corrected chi connectivity index (χ0v) is 16.2. The lowest BCUT2D eigenvalue weighted by atomic mass is 9.99. The molecule has 0 aromatic heterocycles. The Bertz CT molecular complexity index is 1130. The van der Waals surface area contributed by atoms with Crippen molar-refractivity contribution < 1.29 is 53.9 Å². The molecule has 0 fully saturated rings. The molecule has 0 unspecified atom stereocenters. The molecule has 0 aliphatic carbocycles. The van der Waals surface area contributed by atoms with Crippen LogP contribution in [0.1, 0.15) is 47.0 Å². The van der Waals surface area contributed by atoms with Crippen LogP contribution in [0.5, 0.6) is 11.5 Å². The number of ether oxygens (including phenoxy) is 2. The Balaban J connectivity index is 2.69. The summed E-state index contributed by atoms with van der Waals surface area (Å²) in [7, 11) is 0. The quantitative estimate of drug-likeness (QED) is 0.312. The van der Waals surface area contributed by atoms with E-state index in [2.05, 4.69) is 6.58 Å². The van der Waals surface area contributed by atoms with Gasteiger partial charge in [0.2, 0.25) is 0 Å². The molecule has 0 aliphatic heterocycles. The van der Waals surface area contributed by atoms with Crippen LogP contribution in [0.4, 0.5) is 0 Å². The monoisotopic (exact) mass is 444 g/mol. The van der Waals surface area contributed by atoms with Gasteiger partial charge in [-0.1, -0.05) is 18.7 Å². The average molecular weight is 444 g/mol. The number of carboxylic acids is 4. The Morgan fingerprint density at radius 1 is 0.812 bits per heavy atom. The third-order valence-electron chi connectivity index (χ3n) is 4.15. The van der Waals surface area contributed by atoms with Gasteiger partial charge in [-0.3, -0.25) is 0 Å². The van der Waals surface area contributed by atoms with E-state index in [9.17, 15) is 44.4 Å². The van der Waals surface area contributed by atoms with Crippen LogP contribution in [-0.4, -0.2) is 56.9 Å². The number of rotatable bonds is 10. The van der Waals surface area contributed by atoms with Crippen molar-refractivity contribution in [3.05, 3.63) is 70.8 Å². The van der Waals surface area contributed by atoms with Crippen molar-refractivity contribution in [1.29, 1.82) is 0 Å². The maximum atomic E-state index is 11.9. The number of carbonyl (C=O) groups is 5. The van der Waals surface area contributed by atoms with Crippen molar-refractivity contribution in [2.24, 2.45) is 0 Å². The number of esters is 1. The fourth-order valence-electron chi connectivity index (χ4n) is 2.78. The lowest BCUT2D eigenvalue weighted by Crippen LogP contribution is -2.14. The molecule has 0 amide bonds. The molecule has 166 valence electrons. The molecule has 32 heavy (non-hydrogen) atoms.